The van der Waals surface area contributed by atoms with Crippen molar-refractivity contribution in [2.24, 2.45) is 0 Å². The first-order valence-electron chi connectivity index (χ1n) is 6.56. The summed E-state index contributed by atoms with van der Waals surface area (Å²) in [6, 6.07) is 19.7. The monoisotopic (exact) mass is 255 g/mol. The van der Waals surface area contributed by atoms with Crippen LogP contribution in [0.1, 0.15) is 18.1 Å². The minimum Gasteiger partial charge on any atom is -0.379 e. The Hall–Kier alpha value is -1.64. The third kappa shape index (κ3) is 2.55. The number of aliphatic hydroxyl groups is 1. The highest BCUT2D eigenvalue weighted by Crippen LogP contribution is 2.34. The smallest absolute Gasteiger partial charge is 0.130 e. The van der Waals surface area contributed by atoms with Crippen molar-refractivity contribution in [3.05, 3.63) is 71.8 Å². The molecule has 0 fully saturated rings. The number of hydrogen-bond donors (Lipinski definition) is 1. The van der Waals surface area contributed by atoms with Crippen molar-refractivity contribution in [2.45, 2.75) is 18.6 Å². The lowest BCUT2D eigenvalue weighted by Gasteiger charge is -2.38. The van der Waals surface area contributed by atoms with Gasteiger partial charge >= 0.3 is 0 Å². The molecule has 2 rings (SSSR count). The Kier molecular flexibility index (Phi) is 4.03. The minimum absolute atomic E-state index is 0.0303. The Bertz CT molecular complexity index is 468. The fourth-order valence-electron chi connectivity index (χ4n) is 2.41. The highest BCUT2D eigenvalue weighted by Gasteiger charge is 2.38. The maximum Gasteiger partial charge on any atom is 0.130 e. The van der Waals surface area contributed by atoms with Gasteiger partial charge in [0.15, 0.2) is 0 Å². The second-order valence-electron chi connectivity index (χ2n) is 5.14. The molecular formula is C17H21NO. The van der Waals surface area contributed by atoms with Crippen LogP contribution in [0.5, 0.6) is 0 Å². The molecule has 0 bridgehead atoms. The number of rotatable bonds is 4. The first-order valence-corrected chi connectivity index (χ1v) is 6.56. The lowest BCUT2D eigenvalue weighted by Crippen LogP contribution is -2.46. The van der Waals surface area contributed by atoms with E-state index in [1.807, 2.05) is 86.6 Å². The van der Waals surface area contributed by atoms with Crippen molar-refractivity contribution in [1.29, 1.82) is 0 Å². The van der Waals surface area contributed by atoms with Crippen LogP contribution >= 0.6 is 0 Å². The molecule has 0 heterocycles. The molecule has 0 saturated carbocycles. The summed E-state index contributed by atoms with van der Waals surface area (Å²) >= 11 is 0. The van der Waals surface area contributed by atoms with E-state index in [9.17, 15) is 5.11 Å². The van der Waals surface area contributed by atoms with E-state index in [4.69, 9.17) is 0 Å². The van der Waals surface area contributed by atoms with E-state index in [1.54, 1.807) is 0 Å². The molecule has 19 heavy (non-hydrogen) atoms. The Morgan fingerprint density at radius 3 is 1.53 bits per heavy atom. The third-order valence-electron chi connectivity index (χ3n) is 3.81. The molecule has 0 aliphatic rings. The topological polar surface area (TPSA) is 23.5 Å². The van der Waals surface area contributed by atoms with Gasteiger partial charge in [0.25, 0.3) is 0 Å². The normalized spacial score (nSPS) is 13.5. The average molecular weight is 255 g/mol. The van der Waals surface area contributed by atoms with Gasteiger partial charge in [-0.15, -0.1) is 0 Å². The number of nitrogens with zero attached hydrogens (tertiary/aromatic N) is 1. The highest BCUT2D eigenvalue weighted by molar-refractivity contribution is 5.37. The van der Waals surface area contributed by atoms with E-state index < -0.39 is 5.60 Å². The van der Waals surface area contributed by atoms with Gasteiger partial charge in [0.1, 0.15) is 5.60 Å². The molecule has 0 spiro atoms. The molecule has 1 atom stereocenters. The van der Waals surface area contributed by atoms with Crippen molar-refractivity contribution in [3.8, 4) is 0 Å². The third-order valence-corrected chi connectivity index (χ3v) is 3.81. The van der Waals surface area contributed by atoms with Crippen LogP contribution in [0, 0.1) is 0 Å². The van der Waals surface area contributed by atoms with Crippen molar-refractivity contribution in [2.75, 3.05) is 14.1 Å². The molecule has 0 aromatic heterocycles. The maximum atomic E-state index is 11.4. The maximum absolute atomic E-state index is 11.4. The van der Waals surface area contributed by atoms with Crippen LogP contribution in [0.25, 0.3) is 0 Å². The molecule has 2 aromatic rings. The summed E-state index contributed by atoms with van der Waals surface area (Å²) in [5, 5.41) is 11.4. The zero-order chi connectivity index (χ0) is 13.9. The van der Waals surface area contributed by atoms with Crippen LogP contribution in [-0.2, 0) is 5.60 Å². The van der Waals surface area contributed by atoms with Gasteiger partial charge in [-0.3, -0.25) is 0 Å². The molecule has 0 amide bonds. The Balaban J connectivity index is 2.57. The molecule has 2 nitrogen and oxygen atoms in total. The van der Waals surface area contributed by atoms with Gasteiger partial charge in [-0.25, -0.2) is 0 Å². The average Bonchev–Trinajstić information content (AvgIpc) is 2.47. The van der Waals surface area contributed by atoms with Crippen molar-refractivity contribution in [3.63, 3.8) is 0 Å². The van der Waals surface area contributed by atoms with E-state index >= 15 is 0 Å². The number of benzene rings is 2. The minimum atomic E-state index is -1.01. The zero-order valence-corrected chi connectivity index (χ0v) is 11.7. The van der Waals surface area contributed by atoms with E-state index in [2.05, 4.69) is 0 Å². The van der Waals surface area contributed by atoms with E-state index in [-0.39, 0.29) is 6.04 Å². The second kappa shape index (κ2) is 5.55. The summed E-state index contributed by atoms with van der Waals surface area (Å²) in [6.45, 7) is 2.04. The first-order chi connectivity index (χ1) is 9.06. The number of likely N-dealkylation sites (N-methyl/N-ethyl adjacent to an activating group) is 1. The molecule has 0 saturated heterocycles. The van der Waals surface area contributed by atoms with Crippen molar-refractivity contribution in [1.82, 2.24) is 4.90 Å². The van der Waals surface area contributed by atoms with E-state index in [0.717, 1.165) is 11.1 Å². The molecule has 0 radical (unpaired) electrons. The van der Waals surface area contributed by atoms with Gasteiger partial charge in [0.2, 0.25) is 0 Å². The predicted octanol–water partition coefficient (Wildman–Crippen LogP) is 2.87. The number of hydrogen-bond acceptors (Lipinski definition) is 2. The predicted molar refractivity (Wildman–Crippen MR) is 79.0 cm³/mol. The lowest BCUT2D eigenvalue weighted by atomic mass is 9.80. The van der Waals surface area contributed by atoms with Gasteiger partial charge in [-0.05, 0) is 32.1 Å². The van der Waals surface area contributed by atoms with Crippen molar-refractivity contribution < 1.29 is 5.11 Å². The van der Waals surface area contributed by atoms with Crippen LogP contribution < -0.4 is 0 Å². The standard InChI is InChI=1S/C17H21NO/c1-14(18(2)3)17(19,15-10-6-4-7-11-15)16-12-8-5-9-13-16/h4-14,19H,1-3H3. The van der Waals surface area contributed by atoms with Gasteiger partial charge in [0, 0.05) is 6.04 Å². The van der Waals surface area contributed by atoms with E-state index in [0.29, 0.717) is 0 Å². The summed E-state index contributed by atoms with van der Waals surface area (Å²) in [6.07, 6.45) is 0. The zero-order valence-electron chi connectivity index (χ0n) is 11.7. The molecule has 100 valence electrons. The molecular weight excluding hydrogens is 234 g/mol. The second-order valence-corrected chi connectivity index (χ2v) is 5.14. The Morgan fingerprint density at radius 2 is 1.21 bits per heavy atom. The van der Waals surface area contributed by atoms with Crippen LogP contribution in [0.15, 0.2) is 60.7 Å². The first kappa shape index (κ1) is 13.8. The Labute approximate surface area is 115 Å². The molecule has 2 heteroatoms. The van der Waals surface area contributed by atoms with Gasteiger partial charge in [-0.2, -0.15) is 0 Å². The van der Waals surface area contributed by atoms with Gasteiger partial charge in [0.05, 0.1) is 0 Å². The van der Waals surface area contributed by atoms with Crippen LogP contribution in [0.2, 0.25) is 0 Å². The van der Waals surface area contributed by atoms with Crippen LogP contribution in [-0.4, -0.2) is 30.1 Å². The summed E-state index contributed by atoms with van der Waals surface area (Å²) in [7, 11) is 3.98. The largest absolute Gasteiger partial charge is 0.379 e. The fourth-order valence-corrected chi connectivity index (χ4v) is 2.41. The summed E-state index contributed by atoms with van der Waals surface area (Å²) < 4.78 is 0. The fraction of sp³-hybridized carbons (Fsp3) is 0.294. The SMILES string of the molecule is CC(N(C)C)C(O)(c1ccccc1)c1ccccc1. The molecule has 1 unspecified atom stereocenters. The quantitative estimate of drug-likeness (QED) is 0.908. The summed E-state index contributed by atoms with van der Waals surface area (Å²) in [5.74, 6) is 0. The highest BCUT2D eigenvalue weighted by atomic mass is 16.3. The summed E-state index contributed by atoms with van der Waals surface area (Å²) in [5.41, 5.74) is 0.830. The molecule has 0 aliphatic carbocycles. The van der Waals surface area contributed by atoms with Crippen LogP contribution in [0.3, 0.4) is 0 Å². The lowest BCUT2D eigenvalue weighted by molar-refractivity contribution is 0.00510. The van der Waals surface area contributed by atoms with Gasteiger partial charge < -0.3 is 10.0 Å². The molecule has 0 aliphatic heterocycles. The Morgan fingerprint density at radius 1 is 0.842 bits per heavy atom. The summed E-state index contributed by atoms with van der Waals surface area (Å²) in [4.78, 5) is 2.04. The molecule has 1 N–H and O–H groups in total. The molecule has 2 aromatic carbocycles. The van der Waals surface area contributed by atoms with Gasteiger partial charge in [-0.1, -0.05) is 60.7 Å². The van der Waals surface area contributed by atoms with Crippen LogP contribution in [0.4, 0.5) is 0 Å². The van der Waals surface area contributed by atoms with E-state index in [1.165, 1.54) is 0 Å². The van der Waals surface area contributed by atoms with Crippen molar-refractivity contribution >= 4 is 0 Å².